The first-order valence-corrected chi connectivity index (χ1v) is 44.6. The van der Waals surface area contributed by atoms with Gasteiger partial charge in [0, 0.05) is 95.1 Å². The van der Waals surface area contributed by atoms with Crippen molar-refractivity contribution in [2.75, 3.05) is 19.6 Å². The summed E-state index contributed by atoms with van der Waals surface area (Å²) in [6, 6.07) is 152. The van der Waals surface area contributed by atoms with E-state index in [1.165, 1.54) is 165 Å². The third kappa shape index (κ3) is 12.0. The van der Waals surface area contributed by atoms with Crippen LogP contribution >= 0.6 is 11.8 Å². The average molecular weight is 1580 g/mol. The molecule has 4 nitrogen and oxygen atoms in total. The molecule has 17 aromatic rings. The fourth-order valence-electron chi connectivity index (χ4n) is 22.4. The molecule has 0 amide bonds. The number of benzene rings is 17. The highest BCUT2D eigenvalue weighted by Gasteiger charge is 2.52. The summed E-state index contributed by atoms with van der Waals surface area (Å²) in [7, 11) is 0. The molecule has 6 heterocycles. The van der Waals surface area contributed by atoms with E-state index in [0.717, 1.165) is 84.5 Å². The molecule has 2 saturated heterocycles. The Bertz CT molecular complexity index is 6750. The highest BCUT2D eigenvalue weighted by atomic mass is 32.2. The summed E-state index contributed by atoms with van der Waals surface area (Å²) >= 11 is 2.02. The van der Waals surface area contributed by atoms with Crippen molar-refractivity contribution in [3.8, 4) is 100 Å². The molecule has 122 heavy (non-hydrogen) atoms. The van der Waals surface area contributed by atoms with Gasteiger partial charge in [-0.1, -0.05) is 353 Å². The van der Waals surface area contributed by atoms with Gasteiger partial charge >= 0.3 is 0 Å². The molecule has 2 saturated carbocycles. The van der Waals surface area contributed by atoms with Crippen LogP contribution in [0.4, 0.5) is 56.9 Å². The van der Waals surface area contributed by atoms with Gasteiger partial charge in [0.2, 0.25) is 6.71 Å². The first-order valence-electron chi connectivity index (χ1n) is 43.8. The van der Waals surface area contributed by atoms with Crippen LogP contribution in [0.15, 0.2) is 404 Å². The van der Waals surface area contributed by atoms with Crippen LogP contribution in [0.2, 0.25) is 0 Å². The van der Waals surface area contributed by atoms with Gasteiger partial charge in [-0.15, -0.1) is 0 Å². The Morgan fingerprint density at radius 2 is 0.549 bits per heavy atom. The third-order valence-corrected chi connectivity index (χ3v) is 28.8. The van der Waals surface area contributed by atoms with Crippen molar-refractivity contribution >= 4 is 115 Å². The predicted molar refractivity (Wildman–Crippen MR) is 518 cm³/mol. The number of nitrogens with zero attached hydrogens (tertiary/aromatic N) is 4. The summed E-state index contributed by atoms with van der Waals surface area (Å²) in [5, 5.41) is 0. The van der Waals surface area contributed by atoms with Gasteiger partial charge in [0.25, 0.3) is 6.71 Å². The van der Waals surface area contributed by atoms with Crippen molar-refractivity contribution in [2.24, 2.45) is 11.8 Å². The van der Waals surface area contributed by atoms with E-state index in [4.69, 9.17) is 0 Å². The van der Waals surface area contributed by atoms with E-state index >= 15 is 0 Å². The van der Waals surface area contributed by atoms with Crippen molar-refractivity contribution in [1.82, 2.24) is 0 Å². The van der Waals surface area contributed by atoms with E-state index in [-0.39, 0.29) is 18.8 Å². The molecule has 0 aromatic heterocycles. The molecule has 17 aromatic carbocycles. The molecule has 4 bridgehead atoms. The number of piperidine rings is 2. The van der Waals surface area contributed by atoms with Crippen LogP contribution < -0.4 is 52.4 Å². The predicted octanol–water partition coefficient (Wildman–Crippen LogP) is 26.6. The molecule has 0 spiro atoms. The summed E-state index contributed by atoms with van der Waals surface area (Å²) in [6.45, 7) is 6.84. The lowest BCUT2D eigenvalue weighted by Gasteiger charge is -2.57. The summed E-state index contributed by atoms with van der Waals surface area (Å²) in [4.78, 5) is 13.8. The lowest BCUT2D eigenvalue weighted by molar-refractivity contribution is 0.0900. The fraction of sp³-hybridized carbons (Fsp3) is 0.113. The van der Waals surface area contributed by atoms with E-state index in [9.17, 15) is 0 Å². The van der Waals surface area contributed by atoms with E-state index in [1.807, 2.05) is 11.8 Å². The maximum atomic E-state index is 2.96. The Hall–Kier alpha value is -13.6. The SMILES string of the molecule is CC(C)(C)c1cc2c3c(c1)N(c1c(-c4ccccc4)cc(-c4ccccc4)cc1-c1ccccc1)c1cc4c(cc1B3c1ccccc1N2c1c(-c2ccccc2)cc(-c2ccccc2)cc1-c1ccccc1)B1c2ccccc2N(c2c(-c3ccccc3)cc(-c3ccccc3)cc2-c2ccccc2)c2cc(N3C5CC6CC(C5)CC3C6)cc(c21)S4. The quantitative estimate of drug-likeness (QED) is 0.106. The van der Waals surface area contributed by atoms with Gasteiger partial charge in [0.1, 0.15) is 0 Å². The van der Waals surface area contributed by atoms with Crippen LogP contribution in [0, 0.1) is 11.8 Å². The fourth-order valence-corrected chi connectivity index (χ4v) is 23.6. The van der Waals surface area contributed by atoms with E-state index in [0.29, 0.717) is 12.1 Å². The van der Waals surface area contributed by atoms with E-state index in [1.54, 1.807) is 0 Å². The van der Waals surface area contributed by atoms with Gasteiger partial charge in [-0.2, -0.15) is 0 Å². The molecule has 0 atom stereocenters. The average Bonchev–Trinajstić information content (AvgIpc) is 0.679. The lowest BCUT2D eigenvalue weighted by Crippen LogP contribution is -2.64. The van der Waals surface area contributed by atoms with Crippen molar-refractivity contribution in [3.63, 3.8) is 0 Å². The van der Waals surface area contributed by atoms with Crippen molar-refractivity contribution in [2.45, 2.75) is 80.2 Å². The Morgan fingerprint density at radius 1 is 0.246 bits per heavy atom. The minimum atomic E-state index is -0.326. The normalized spacial score (nSPS) is 16.7. The number of hydrogen-bond acceptors (Lipinski definition) is 5. The number of anilines is 10. The molecule has 0 radical (unpaired) electrons. The highest BCUT2D eigenvalue weighted by Crippen LogP contribution is 2.59. The van der Waals surface area contributed by atoms with Crippen molar-refractivity contribution < 1.29 is 0 Å². The smallest absolute Gasteiger partial charge is 0.252 e. The number of para-hydroxylation sites is 2. The summed E-state index contributed by atoms with van der Waals surface area (Å²) in [6.07, 6.45) is 6.43. The Kier molecular flexibility index (Phi) is 17.3. The van der Waals surface area contributed by atoms with Gasteiger partial charge in [0.05, 0.1) is 17.1 Å². The maximum absolute atomic E-state index is 2.96. The van der Waals surface area contributed by atoms with Gasteiger partial charge in [-0.05, 0) is 228 Å². The number of rotatable bonds is 13. The lowest BCUT2D eigenvalue weighted by atomic mass is 9.31. The number of fused-ring (bicyclic) bond motifs is 8. The van der Waals surface area contributed by atoms with Crippen LogP contribution in [0.25, 0.3) is 100 Å². The van der Waals surface area contributed by atoms with Crippen molar-refractivity contribution in [3.05, 3.63) is 400 Å². The van der Waals surface area contributed by atoms with Crippen LogP contribution in [0.3, 0.4) is 0 Å². The third-order valence-electron chi connectivity index (χ3n) is 27.6. The highest BCUT2D eigenvalue weighted by molar-refractivity contribution is 8.00. The second kappa shape index (κ2) is 29.1. The van der Waals surface area contributed by atoms with Crippen LogP contribution in [-0.2, 0) is 5.41 Å². The van der Waals surface area contributed by atoms with Gasteiger partial charge in [-0.25, -0.2) is 0 Å². The maximum Gasteiger partial charge on any atom is 0.252 e. The molecule has 7 heteroatoms. The Balaban J connectivity index is 0.823. The monoisotopic (exact) mass is 1580 g/mol. The Morgan fingerprint density at radius 3 is 0.893 bits per heavy atom. The van der Waals surface area contributed by atoms with Gasteiger partial charge in [-0.3, -0.25) is 0 Å². The van der Waals surface area contributed by atoms with E-state index in [2.05, 4.69) is 435 Å². The summed E-state index contributed by atoms with van der Waals surface area (Å²) < 4.78 is 0. The summed E-state index contributed by atoms with van der Waals surface area (Å²) in [5.41, 5.74) is 41.8. The zero-order valence-corrected chi connectivity index (χ0v) is 69.5. The largest absolute Gasteiger partial charge is 0.365 e. The molecule has 25 rings (SSSR count). The molecule has 2 aliphatic carbocycles. The van der Waals surface area contributed by atoms with Crippen LogP contribution in [-0.4, -0.2) is 25.5 Å². The zero-order chi connectivity index (χ0) is 80.8. The molecule has 0 unspecified atom stereocenters. The van der Waals surface area contributed by atoms with Crippen LogP contribution in [0.1, 0.15) is 58.4 Å². The molecule has 6 aliphatic heterocycles. The molecule has 580 valence electrons. The second-order valence-electron chi connectivity index (χ2n) is 35.8. The zero-order valence-electron chi connectivity index (χ0n) is 68.7. The van der Waals surface area contributed by atoms with Gasteiger partial charge < -0.3 is 19.6 Å². The van der Waals surface area contributed by atoms with Crippen LogP contribution in [0.5, 0.6) is 0 Å². The molecular formula is C115H88B2N4S. The second-order valence-corrected chi connectivity index (χ2v) is 36.9. The summed E-state index contributed by atoms with van der Waals surface area (Å²) in [5.74, 6) is 1.59. The number of hydrogen-bond donors (Lipinski definition) is 0. The van der Waals surface area contributed by atoms with E-state index < -0.39 is 0 Å². The first-order chi connectivity index (χ1) is 60.1. The molecule has 0 N–H and O–H groups in total. The molecule has 4 fully saturated rings. The topological polar surface area (TPSA) is 13.0 Å². The minimum Gasteiger partial charge on any atom is -0.365 e. The Labute approximate surface area is 721 Å². The first kappa shape index (κ1) is 72.4. The van der Waals surface area contributed by atoms with Gasteiger partial charge in [0.15, 0.2) is 0 Å². The minimum absolute atomic E-state index is 0.164. The van der Waals surface area contributed by atoms with Crippen molar-refractivity contribution in [1.29, 1.82) is 0 Å². The molecular weight excluding hydrogens is 1490 g/mol. The standard InChI is InChI=1S/C115H88B2N4S/c1-115(2,3)88-68-105-110-106(69-88)121(114-96(83-49-27-11-28-50-83)66-87(78-39-17-6-18-40-78)67-97(114)84-51-29-12-30-52-84)104-73-108-101(72-100(104)116(110)98-53-31-33-55-102(98)119(105)112-92(79-41-19-7-20-42-79)62-85(76-35-13-4-14-36-76)63-93(112)80-43-21-8-22-44-80)117-99-54-32-34-56-103(99)120(107-70-91(71-109(122-108)111(107)117)118-89-58-74-57-75(60-89)61-90(118)59-74)113-94(81-45-23-9-24-46-81)64-86(77-37-15-5-16-38-77)65-95(113)82-47-25-10-26-48-82/h4-56,62-75,89-90H,57-61H2,1-3H3. The molecule has 8 aliphatic rings.